The fourth-order valence-electron chi connectivity index (χ4n) is 2.31. The lowest BCUT2D eigenvalue weighted by molar-refractivity contribution is 0.146. The van der Waals surface area contributed by atoms with Gasteiger partial charge in [-0.1, -0.05) is 6.07 Å². The molecule has 1 aromatic rings. The highest BCUT2D eigenvalue weighted by molar-refractivity contribution is 6.56. The molecule has 3 N–H and O–H groups in total. The number of nitrogens with zero attached hydrogens (tertiary/aromatic N) is 1. The Hall–Kier alpha value is -0.913. The van der Waals surface area contributed by atoms with Gasteiger partial charge in [0.2, 0.25) is 0 Å². The zero-order chi connectivity index (χ0) is 14.6. The number of rotatable bonds is 4. The van der Waals surface area contributed by atoms with Gasteiger partial charge in [-0.25, -0.2) is 4.98 Å². The Kier molecular flexibility index (Phi) is 3.01. The first kappa shape index (κ1) is 14.0. The molecule has 2 heterocycles. The van der Waals surface area contributed by atoms with E-state index >= 15 is 0 Å². The Balaban J connectivity index is 1.73. The SMILES string of the molecule is CC(C)(C)NC1[Si][C@]1(O)c1cccc(NC2(C)CC2)n1. The van der Waals surface area contributed by atoms with Crippen LogP contribution in [0.1, 0.15) is 46.2 Å². The van der Waals surface area contributed by atoms with Crippen molar-refractivity contribution in [1.29, 1.82) is 0 Å². The van der Waals surface area contributed by atoms with Crippen LogP contribution in [0.2, 0.25) is 0 Å². The topological polar surface area (TPSA) is 57.2 Å². The highest BCUT2D eigenvalue weighted by Gasteiger charge is 2.57. The highest BCUT2D eigenvalue weighted by Crippen LogP contribution is 2.40. The largest absolute Gasteiger partial charge is 0.386 e. The molecule has 1 saturated heterocycles. The number of nitrogens with one attached hydrogen (secondary N) is 2. The zero-order valence-corrected chi connectivity index (χ0v) is 13.6. The molecule has 1 aromatic heterocycles. The molecule has 3 rings (SSSR count). The first-order chi connectivity index (χ1) is 9.20. The van der Waals surface area contributed by atoms with E-state index in [-0.39, 0.29) is 16.7 Å². The summed E-state index contributed by atoms with van der Waals surface area (Å²) in [6.45, 7) is 8.57. The van der Waals surface area contributed by atoms with E-state index in [1.165, 1.54) is 12.8 Å². The maximum absolute atomic E-state index is 10.7. The van der Waals surface area contributed by atoms with Gasteiger partial charge >= 0.3 is 0 Å². The van der Waals surface area contributed by atoms with E-state index in [1.54, 1.807) is 0 Å². The second-order valence-electron chi connectivity index (χ2n) is 7.33. The van der Waals surface area contributed by atoms with Crippen molar-refractivity contribution in [3.8, 4) is 0 Å². The van der Waals surface area contributed by atoms with Crippen LogP contribution in [0.25, 0.3) is 0 Å². The van der Waals surface area contributed by atoms with E-state index in [9.17, 15) is 5.11 Å². The molecule has 1 unspecified atom stereocenters. The molecule has 2 fully saturated rings. The normalized spacial score (nSPS) is 30.9. The highest BCUT2D eigenvalue weighted by atomic mass is 28.2. The number of aromatic nitrogens is 1. The summed E-state index contributed by atoms with van der Waals surface area (Å²) in [5.74, 6) is 0.877. The molecule has 0 spiro atoms. The van der Waals surface area contributed by atoms with Gasteiger partial charge in [0.1, 0.15) is 20.6 Å². The average Bonchev–Trinajstić information content (AvgIpc) is 3.19. The maximum atomic E-state index is 10.7. The third-order valence-corrected chi connectivity index (χ3v) is 5.37. The van der Waals surface area contributed by atoms with Gasteiger partial charge in [0, 0.05) is 16.7 Å². The molecule has 2 atom stereocenters. The first-order valence-corrected chi connectivity index (χ1v) is 8.32. The molecule has 0 amide bonds. The molecular weight excluding hydrogens is 266 g/mol. The van der Waals surface area contributed by atoms with Gasteiger partial charge in [-0.05, 0) is 52.7 Å². The van der Waals surface area contributed by atoms with Crippen LogP contribution in [0.4, 0.5) is 5.82 Å². The summed E-state index contributed by atoms with van der Waals surface area (Å²) in [5, 5.41) is 16.9. The molecule has 1 aliphatic carbocycles. The molecule has 1 saturated carbocycles. The van der Waals surface area contributed by atoms with E-state index in [4.69, 9.17) is 0 Å². The molecule has 0 aromatic carbocycles. The van der Waals surface area contributed by atoms with Crippen molar-refractivity contribution in [2.45, 2.75) is 62.5 Å². The van der Waals surface area contributed by atoms with Gasteiger partial charge < -0.3 is 15.7 Å². The summed E-state index contributed by atoms with van der Waals surface area (Å²) in [6.07, 6.45) is 2.39. The molecular formula is C15H23N3OSi. The van der Waals surface area contributed by atoms with Crippen LogP contribution in [0.3, 0.4) is 0 Å². The zero-order valence-electron chi connectivity index (χ0n) is 12.6. The lowest BCUT2D eigenvalue weighted by Crippen LogP contribution is -2.41. The third kappa shape index (κ3) is 2.89. The van der Waals surface area contributed by atoms with Crippen molar-refractivity contribution in [2.24, 2.45) is 0 Å². The van der Waals surface area contributed by atoms with E-state index < -0.39 is 5.22 Å². The van der Waals surface area contributed by atoms with Crippen LogP contribution in [0, 0.1) is 0 Å². The minimum Gasteiger partial charge on any atom is -0.386 e. The van der Waals surface area contributed by atoms with Crippen molar-refractivity contribution < 1.29 is 5.11 Å². The minimum absolute atomic E-state index is 0.0134. The second kappa shape index (κ2) is 4.29. The number of pyridine rings is 1. The molecule has 20 heavy (non-hydrogen) atoms. The summed E-state index contributed by atoms with van der Waals surface area (Å²) in [5.41, 5.74) is 1.14. The third-order valence-electron chi connectivity index (χ3n) is 3.85. The number of hydrogen-bond acceptors (Lipinski definition) is 4. The van der Waals surface area contributed by atoms with Gasteiger partial charge in [-0.3, -0.25) is 0 Å². The summed E-state index contributed by atoms with van der Waals surface area (Å²) in [7, 11) is 0.474. The molecule has 2 aliphatic rings. The van der Waals surface area contributed by atoms with Crippen LogP contribution in [0.15, 0.2) is 18.2 Å². The van der Waals surface area contributed by atoms with Crippen LogP contribution in [-0.4, -0.2) is 36.4 Å². The Morgan fingerprint density at radius 2 is 2.05 bits per heavy atom. The Morgan fingerprint density at radius 3 is 2.65 bits per heavy atom. The Morgan fingerprint density at radius 1 is 1.35 bits per heavy atom. The number of aliphatic hydroxyl groups is 1. The smallest absolute Gasteiger partial charge is 0.126 e. The lowest BCUT2D eigenvalue weighted by Gasteiger charge is -2.23. The minimum atomic E-state index is -0.782. The van der Waals surface area contributed by atoms with Crippen molar-refractivity contribution >= 4 is 15.3 Å². The fraction of sp³-hybridized carbons (Fsp3) is 0.667. The lowest BCUT2D eigenvalue weighted by atomic mass is 10.1. The van der Waals surface area contributed by atoms with Crippen LogP contribution < -0.4 is 10.6 Å². The van der Waals surface area contributed by atoms with Gasteiger partial charge in [0.15, 0.2) is 0 Å². The molecule has 2 radical (unpaired) electrons. The summed E-state index contributed by atoms with van der Waals surface area (Å²) < 4.78 is 0. The van der Waals surface area contributed by atoms with Gasteiger partial charge in [-0.15, -0.1) is 0 Å². The molecule has 1 aliphatic heterocycles. The summed E-state index contributed by atoms with van der Waals surface area (Å²) in [6, 6.07) is 5.89. The standard InChI is InChI=1S/C15H23N3OSi/c1-13(2,3)18-12-15(19,20-12)10-6-5-7-11(16-10)17-14(4)8-9-14/h5-7,12,18-19H,8-9H2,1-4H3,(H,16,17)/t12?,15-/m1/s1. The van der Waals surface area contributed by atoms with E-state index in [2.05, 4.69) is 43.3 Å². The predicted molar refractivity (Wildman–Crippen MR) is 81.8 cm³/mol. The van der Waals surface area contributed by atoms with Crippen molar-refractivity contribution in [1.82, 2.24) is 10.3 Å². The monoisotopic (exact) mass is 289 g/mol. The number of anilines is 1. The molecule has 4 nitrogen and oxygen atoms in total. The Labute approximate surface area is 123 Å². The Bertz CT molecular complexity index is 524. The van der Waals surface area contributed by atoms with Gasteiger partial charge in [0.05, 0.1) is 5.69 Å². The van der Waals surface area contributed by atoms with E-state index in [0.717, 1.165) is 11.5 Å². The van der Waals surface area contributed by atoms with Crippen LogP contribution in [0.5, 0.6) is 0 Å². The first-order valence-electron chi connectivity index (χ1n) is 7.24. The van der Waals surface area contributed by atoms with Gasteiger partial charge in [-0.2, -0.15) is 0 Å². The maximum Gasteiger partial charge on any atom is 0.126 e. The average molecular weight is 289 g/mol. The predicted octanol–water partition coefficient (Wildman–Crippen LogP) is 1.62. The van der Waals surface area contributed by atoms with Gasteiger partial charge in [0.25, 0.3) is 0 Å². The van der Waals surface area contributed by atoms with E-state index in [0.29, 0.717) is 9.52 Å². The van der Waals surface area contributed by atoms with Crippen molar-refractivity contribution in [2.75, 3.05) is 5.32 Å². The molecule has 108 valence electrons. The fourth-order valence-corrected chi connectivity index (χ4v) is 3.68. The van der Waals surface area contributed by atoms with Crippen LogP contribution in [-0.2, 0) is 5.22 Å². The van der Waals surface area contributed by atoms with E-state index in [1.807, 2.05) is 18.2 Å². The molecule has 5 heteroatoms. The number of hydrogen-bond donors (Lipinski definition) is 3. The van der Waals surface area contributed by atoms with Crippen molar-refractivity contribution in [3.05, 3.63) is 23.9 Å². The molecule has 0 bridgehead atoms. The van der Waals surface area contributed by atoms with Crippen molar-refractivity contribution in [3.63, 3.8) is 0 Å². The summed E-state index contributed by atoms with van der Waals surface area (Å²) >= 11 is 0. The summed E-state index contributed by atoms with van der Waals surface area (Å²) in [4.78, 5) is 4.62. The van der Waals surface area contributed by atoms with Crippen LogP contribution >= 0.6 is 0 Å². The second-order valence-corrected chi connectivity index (χ2v) is 8.96. The quantitative estimate of drug-likeness (QED) is 0.737.